The molecular weight excluding hydrogens is 368 g/mol. The van der Waals surface area contributed by atoms with Crippen molar-refractivity contribution in [2.75, 3.05) is 6.61 Å². The average molecular weight is 396 g/mol. The number of nitrogens with zero attached hydrogens (tertiary/aromatic N) is 2. The van der Waals surface area contributed by atoms with Gasteiger partial charge < -0.3 is 19.7 Å². The van der Waals surface area contributed by atoms with Gasteiger partial charge in [0.2, 0.25) is 5.79 Å². The van der Waals surface area contributed by atoms with Crippen molar-refractivity contribution in [3.05, 3.63) is 71.3 Å². The van der Waals surface area contributed by atoms with Gasteiger partial charge in [0.15, 0.2) is 0 Å². The van der Waals surface area contributed by atoms with E-state index < -0.39 is 23.9 Å². The predicted molar refractivity (Wildman–Crippen MR) is 108 cm³/mol. The molecule has 1 spiro atoms. The van der Waals surface area contributed by atoms with E-state index in [0.717, 1.165) is 17.7 Å². The molecule has 154 valence electrons. The number of rotatable bonds is 5. The Balaban J connectivity index is 1.69. The number of aliphatic hydroxyl groups is 2. The third-order valence-corrected chi connectivity index (χ3v) is 6.16. The third-order valence-electron chi connectivity index (χ3n) is 6.16. The average Bonchev–Trinajstić information content (AvgIpc) is 3.10. The van der Waals surface area contributed by atoms with E-state index in [9.17, 15) is 10.2 Å². The van der Waals surface area contributed by atoms with Gasteiger partial charge in [-0.1, -0.05) is 44.2 Å². The van der Waals surface area contributed by atoms with Gasteiger partial charge in [-0.25, -0.2) is 4.98 Å². The van der Waals surface area contributed by atoms with Crippen LogP contribution in [0.2, 0.25) is 0 Å². The molecule has 1 fully saturated rings. The Bertz CT molecular complexity index is 885. The lowest BCUT2D eigenvalue weighted by atomic mass is 9.78. The van der Waals surface area contributed by atoms with Crippen molar-refractivity contribution in [2.24, 2.45) is 11.8 Å². The number of fused-ring (bicyclic) bond motifs is 2. The predicted octanol–water partition coefficient (Wildman–Crippen LogP) is 2.50. The van der Waals surface area contributed by atoms with Crippen LogP contribution < -0.4 is 0 Å². The van der Waals surface area contributed by atoms with E-state index in [1.807, 2.05) is 6.92 Å². The first kappa shape index (κ1) is 20.2. The minimum atomic E-state index is -1.27. The monoisotopic (exact) mass is 396 g/mol. The van der Waals surface area contributed by atoms with Crippen molar-refractivity contribution in [3.8, 4) is 0 Å². The Morgan fingerprint density at radius 3 is 2.66 bits per heavy atom. The van der Waals surface area contributed by atoms with Crippen LogP contribution in [0.15, 0.2) is 43.1 Å². The summed E-state index contributed by atoms with van der Waals surface area (Å²) >= 11 is 0. The summed E-state index contributed by atoms with van der Waals surface area (Å²) in [6.07, 6.45) is 3.74. The van der Waals surface area contributed by atoms with Crippen LogP contribution in [-0.2, 0) is 34.7 Å². The molecule has 1 saturated heterocycles. The van der Waals surface area contributed by atoms with E-state index in [-0.39, 0.29) is 19.1 Å². The van der Waals surface area contributed by atoms with Gasteiger partial charge in [0.25, 0.3) is 0 Å². The van der Waals surface area contributed by atoms with Crippen LogP contribution in [0.3, 0.4) is 0 Å². The molecule has 1 aromatic carbocycles. The lowest BCUT2D eigenvalue weighted by Gasteiger charge is -2.47. The second-order valence-corrected chi connectivity index (χ2v) is 7.91. The maximum absolute atomic E-state index is 10.9. The Morgan fingerprint density at radius 1 is 1.28 bits per heavy atom. The highest BCUT2D eigenvalue weighted by atomic mass is 16.7. The molecule has 0 aliphatic carbocycles. The lowest BCUT2D eigenvalue weighted by Crippen LogP contribution is -2.56. The van der Waals surface area contributed by atoms with Crippen molar-refractivity contribution in [2.45, 2.75) is 51.3 Å². The van der Waals surface area contributed by atoms with Crippen LogP contribution in [0.4, 0.5) is 0 Å². The highest BCUT2D eigenvalue weighted by molar-refractivity contribution is 5.30. The number of aryl methyl sites for hydroxylation is 1. The quantitative estimate of drug-likeness (QED) is 0.756. The molecule has 2 aliphatic heterocycles. The van der Waals surface area contributed by atoms with Crippen molar-refractivity contribution < 1.29 is 19.7 Å². The molecule has 1 aromatic heterocycles. The zero-order valence-electron chi connectivity index (χ0n) is 16.9. The van der Waals surface area contributed by atoms with Crippen molar-refractivity contribution >= 4 is 0 Å². The second-order valence-electron chi connectivity index (χ2n) is 7.91. The molecule has 2 aliphatic rings. The lowest BCUT2D eigenvalue weighted by molar-refractivity contribution is -0.339. The largest absolute Gasteiger partial charge is 0.394 e. The standard InChI is InChI=1S/C23H28N2O4/c1-4-15-6-8-16(9-7-15)10-17-11-24-19-13-28-23(22(19)25-17)18(5-2)21(27)14(3)20(12-26)29-23/h5-9,11,14,18,20-21,26-27H,2,4,10,12-13H2,1,3H3/t14-,18?,20?,21+,23-/m1/s1. The first-order valence-corrected chi connectivity index (χ1v) is 10.2. The fourth-order valence-corrected chi connectivity index (χ4v) is 4.29. The van der Waals surface area contributed by atoms with Crippen LogP contribution >= 0.6 is 0 Å². The third kappa shape index (κ3) is 3.40. The smallest absolute Gasteiger partial charge is 0.224 e. The van der Waals surface area contributed by atoms with Crippen molar-refractivity contribution in [3.63, 3.8) is 0 Å². The minimum Gasteiger partial charge on any atom is -0.394 e. The van der Waals surface area contributed by atoms with E-state index in [1.165, 1.54) is 5.56 Å². The van der Waals surface area contributed by atoms with Crippen LogP contribution in [-0.4, -0.2) is 39.0 Å². The molecule has 4 rings (SSSR count). The molecule has 2 aromatic rings. The highest BCUT2D eigenvalue weighted by Gasteiger charge is 2.58. The number of benzene rings is 1. The van der Waals surface area contributed by atoms with E-state index >= 15 is 0 Å². The molecule has 6 nitrogen and oxygen atoms in total. The first-order valence-electron chi connectivity index (χ1n) is 10.2. The Morgan fingerprint density at radius 2 is 2.00 bits per heavy atom. The molecule has 0 amide bonds. The number of aliphatic hydroxyl groups excluding tert-OH is 2. The molecule has 6 heteroatoms. The Hall–Kier alpha value is -2.12. The van der Waals surface area contributed by atoms with Gasteiger partial charge in [-0.3, -0.25) is 4.98 Å². The Kier molecular flexibility index (Phi) is 5.53. The molecule has 3 heterocycles. The highest BCUT2D eigenvalue weighted by Crippen LogP contribution is 2.49. The molecule has 2 unspecified atom stereocenters. The van der Waals surface area contributed by atoms with Gasteiger partial charge in [-0.2, -0.15) is 0 Å². The van der Waals surface area contributed by atoms with Crippen LogP contribution in [0.25, 0.3) is 0 Å². The molecule has 0 radical (unpaired) electrons. The van der Waals surface area contributed by atoms with E-state index in [0.29, 0.717) is 17.8 Å². The van der Waals surface area contributed by atoms with Crippen molar-refractivity contribution in [1.82, 2.24) is 9.97 Å². The van der Waals surface area contributed by atoms with Gasteiger partial charge in [-0.05, 0) is 17.5 Å². The second kappa shape index (κ2) is 7.95. The van der Waals surface area contributed by atoms with Gasteiger partial charge >= 0.3 is 0 Å². The molecule has 2 N–H and O–H groups in total. The van der Waals surface area contributed by atoms with Gasteiger partial charge in [-0.15, -0.1) is 6.58 Å². The van der Waals surface area contributed by atoms with E-state index in [4.69, 9.17) is 14.5 Å². The normalized spacial score (nSPS) is 31.0. The van der Waals surface area contributed by atoms with Gasteiger partial charge in [0.1, 0.15) is 5.69 Å². The van der Waals surface area contributed by atoms with Crippen LogP contribution in [0, 0.1) is 11.8 Å². The molecule has 0 saturated carbocycles. The number of ether oxygens (including phenoxy) is 2. The van der Waals surface area contributed by atoms with E-state index in [1.54, 1.807) is 12.3 Å². The van der Waals surface area contributed by atoms with Crippen LogP contribution in [0.5, 0.6) is 0 Å². The maximum atomic E-state index is 10.9. The molecule has 29 heavy (non-hydrogen) atoms. The fraction of sp³-hybridized carbons (Fsp3) is 0.478. The molecule has 0 bridgehead atoms. The minimum absolute atomic E-state index is 0.209. The molecule has 5 atom stereocenters. The summed E-state index contributed by atoms with van der Waals surface area (Å²) < 4.78 is 12.3. The topological polar surface area (TPSA) is 84.7 Å². The summed E-state index contributed by atoms with van der Waals surface area (Å²) in [5.41, 5.74) is 4.52. The number of hydrogen-bond donors (Lipinski definition) is 2. The summed E-state index contributed by atoms with van der Waals surface area (Å²) in [5.74, 6) is -2.03. The molecular formula is C23H28N2O4. The van der Waals surface area contributed by atoms with Crippen LogP contribution in [0.1, 0.15) is 42.1 Å². The summed E-state index contributed by atoms with van der Waals surface area (Å²) in [4.78, 5) is 9.40. The fourth-order valence-electron chi connectivity index (χ4n) is 4.29. The van der Waals surface area contributed by atoms with Gasteiger partial charge in [0.05, 0.1) is 42.7 Å². The first-order chi connectivity index (χ1) is 14.0. The van der Waals surface area contributed by atoms with E-state index in [2.05, 4.69) is 42.8 Å². The maximum Gasteiger partial charge on any atom is 0.224 e. The summed E-state index contributed by atoms with van der Waals surface area (Å²) in [7, 11) is 0. The summed E-state index contributed by atoms with van der Waals surface area (Å²) in [6.45, 7) is 7.91. The summed E-state index contributed by atoms with van der Waals surface area (Å²) in [6, 6.07) is 8.47. The summed E-state index contributed by atoms with van der Waals surface area (Å²) in [5, 5.41) is 20.6. The SMILES string of the molecule is C=CC1[C@@H](O)[C@H](C)C(CO)O[C@]12OCc1ncc(Cc3ccc(CC)cc3)nc12. The van der Waals surface area contributed by atoms with Crippen molar-refractivity contribution in [1.29, 1.82) is 0 Å². The zero-order valence-corrected chi connectivity index (χ0v) is 16.9. The zero-order chi connectivity index (χ0) is 20.6. The number of hydrogen-bond acceptors (Lipinski definition) is 6. The van der Waals surface area contributed by atoms with Gasteiger partial charge in [0, 0.05) is 18.5 Å². The Labute approximate surface area is 171 Å². The number of aromatic nitrogens is 2.